The third kappa shape index (κ3) is 3.47. The van der Waals surface area contributed by atoms with E-state index in [9.17, 15) is 4.79 Å². The number of nitrogens with zero attached hydrogens (tertiary/aromatic N) is 2. The van der Waals surface area contributed by atoms with Crippen LogP contribution in [0.5, 0.6) is 0 Å². The van der Waals surface area contributed by atoms with E-state index in [1.165, 1.54) is 0 Å². The Morgan fingerprint density at radius 3 is 3.08 bits per heavy atom. The highest BCUT2D eigenvalue weighted by atomic mass is 16.5. The Kier molecular flexibility index (Phi) is 4.92. The highest BCUT2D eigenvalue weighted by Gasteiger charge is 2.29. The molecule has 2 N–H and O–H groups in total. The molecule has 3 rings (SSSR count). The van der Waals surface area contributed by atoms with Crippen molar-refractivity contribution < 1.29 is 9.53 Å². The SMILES string of the molecule is Cc1cc(C#N)ccc1C(=O)NC[C@@H]1CCCO[C@H]1c1ccn[nH]1. The van der Waals surface area contributed by atoms with Crippen molar-refractivity contribution in [2.45, 2.75) is 25.9 Å². The first-order valence-electron chi connectivity index (χ1n) is 8.09. The van der Waals surface area contributed by atoms with Gasteiger partial charge >= 0.3 is 0 Å². The van der Waals surface area contributed by atoms with Gasteiger partial charge in [0, 0.05) is 30.8 Å². The van der Waals surface area contributed by atoms with Gasteiger partial charge in [0.2, 0.25) is 0 Å². The van der Waals surface area contributed by atoms with Crippen LogP contribution in [0.1, 0.15) is 46.1 Å². The minimum absolute atomic E-state index is 0.0661. The molecule has 1 aromatic carbocycles. The van der Waals surface area contributed by atoms with Crippen LogP contribution in [0, 0.1) is 24.2 Å². The lowest BCUT2D eigenvalue weighted by Gasteiger charge is -2.31. The quantitative estimate of drug-likeness (QED) is 0.904. The molecule has 1 aromatic heterocycles. The van der Waals surface area contributed by atoms with E-state index < -0.39 is 0 Å². The number of H-pyrrole nitrogens is 1. The Labute approximate surface area is 140 Å². The number of carbonyl (C=O) groups is 1. The molecular weight excluding hydrogens is 304 g/mol. The molecule has 124 valence electrons. The summed E-state index contributed by atoms with van der Waals surface area (Å²) in [6.45, 7) is 3.11. The number of benzene rings is 1. The topological polar surface area (TPSA) is 90.8 Å². The Balaban J connectivity index is 1.66. The van der Waals surface area contributed by atoms with Gasteiger partial charge in [0.1, 0.15) is 6.10 Å². The molecule has 2 aromatic rings. The largest absolute Gasteiger partial charge is 0.372 e. The average Bonchev–Trinajstić information content (AvgIpc) is 3.14. The van der Waals surface area contributed by atoms with E-state index in [-0.39, 0.29) is 17.9 Å². The van der Waals surface area contributed by atoms with Gasteiger partial charge in [0.15, 0.2) is 0 Å². The first kappa shape index (κ1) is 16.2. The lowest BCUT2D eigenvalue weighted by Crippen LogP contribution is -2.35. The lowest BCUT2D eigenvalue weighted by atomic mass is 9.92. The van der Waals surface area contributed by atoms with E-state index in [0.717, 1.165) is 30.7 Å². The van der Waals surface area contributed by atoms with E-state index in [4.69, 9.17) is 10.00 Å². The number of hydrogen-bond donors (Lipinski definition) is 2. The summed E-state index contributed by atoms with van der Waals surface area (Å²) in [5, 5.41) is 18.9. The molecule has 0 aliphatic carbocycles. The maximum Gasteiger partial charge on any atom is 0.251 e. The molecular formula is C18H20N4O2. The normalized spacial score (nSPS) is 20.3. The molecule has 6 nitrogen and oxygen atoms in total. The number of amides is 1. The molecule has 6 heteroatoms. The number of hydrogen-bond acceptors (Lipinski definition) is 4. The van der Waals surface area contributed by atoms with Crippen molar-refractivity contribution in [1.29, 1.82) is 5.26 Å². The summed E-state index contributed by atoms with van der Waals surface area (Å²) in [6, 6.07) is 9.09. The Morgan fingerprint density at radius 1 is 1.50 bits per heavy atom. The van der Waals surface area contributed by atoms with Crippen molar-refractivity contribution >= 4 is 5.91 Å². The van der Waals surface area contributed by atoms with Crippen LogP contribution < -0.4 is 5.32 Å². The minimum atomic E-state index is -0.120. The molecule has 0 saturated carbocycles. The van der Waals surface area contributed by atoms with Crippen LogP contribution in [-0.4, -0.2) is 29.3 Å². The van der Waals surface area contributed by atoms with Crippen molar-refractivity contribution in [2.75, 3.05) is 13.2 Å². The van der Waals surface area contributed by atoms with Crippen LogP contribution in [0.25, 0.3) is 0 Å². The van der Waals surface area contributed by atoms with Crippen LogP contribution in [0.2, 0.25) is 0 Å². The third-order valence-electron chi connectivity index (χ3n) is 4.40. The van der Waals surface area contributed by atoms with Gasteiger partial charge in [-0.1, -0.05) is 0 Å². The maximum atomic E-state index is 12.4. The van der Waals surface area contributed by atoms with Gasteiger partial charge in [-0.3, -0.25) is 9.89 Å². The number of aromatic nitrogens is 2. The van der Waals surface area contributed by atoms with Crippen molar-refractivity contribution in [3.8, 4) is 6.07 Å². The fourth-order valence-electron chi connectivity index (χ4n) is 3.13. The van der Waals surface area contributed by atoms with Gasteiger partial charge in [0.05, 0.1) is 17.3 Å². The second kappa shape index (κ2) is 7.28. The van der Waals surface area contributed by atoms with Crippen molar-refractivity contribution in [3.63, 3.8) is 0 Å². The van der Waals surface area contributed by atoms with Crippen LogP contribution in [0.4, 0.5) is 0 Å². The summed E-state index contributed by atoms with van der Waals surface area (Å²) < 4.78 is 5.87. The summed E-state index contributed by atoms with van der Waals surface area (Å²) in [5.41, 5.74) is 2.91. The zero-order valence-electron chi connectivity index (χ0n) is 13.6. The first-order chi connectivity index (χ1) is 11.7. The highest BCUT2D eigenvalue weighted by Crippen LogP contribution is 2.32. The van der Waals surface area contributed by atoms with Gasteiger partial charge in [-0.2, -0.15) is 10.4 Å². The fourth-order valence-corrected chi connectivity index (χ4v) is 3.13. The molecule has 1 fully saturated rings. The molecule has 2 atom stereocenters. The molecule has 2 heterocycles. The van der Waals surface area contributed by atoms with Crippen LogP contribution in [0.3, 0.4) is 0 Å². The molecule has 24 heavy (non-hydrogen) atoms. The van der Waals surface area contributed by atoms with E-state index in [2.05, 4.69) is 21.6 Å². The van der Waals surface area contributed by atoms with Crippen molar-refractivity contribution in [2.24, 2.45) is 5.92 Å². The Bertz CT molecular complexity index is 749. The van der Waals surface area contributed by atoms with Gasteiger partial charge in [-0.25, -0.2) is 0 Å². The van der Waals surface area contributed by atoms with Crippen LogP contribution in [-0.2, 0) is 4.74 Å². The maximum absolute atomic E-state index is 12.4. The molecule has 0 radical (unpaired) electrons. The number of nitrogens with one attached hydrogen (secondary N) is 2. The zero-order chi connectivity index (χ0) is 16.9. The first-order valence-corrected chi connectivity index (χ1v) is 8.09. The monoisotopic (exact) mass is 324 g/mol. The average molecular weight is 324 g/mol. The van der Waals surface area contributed by atoms with Gasteiger partial charge in [-0.05, 0) is 49.6 Å². The smallest absolute Gasteiger partial charge is 0.251 e. The van der Waals surface area contributed by atoms with Gasteiger partial charge in [0.25, 0.3) is 5.91 Å². The number of nitriles is 1. The number of carbonyl (C=O) groups excluding carboxylic acids is 1. The second-order valence-corrected chi connectivity index (χ2v) is 6.06. The number of aryl methyl sites for hydroxylation is 1. The van der Waals surface area contributed by atoms with E-state index in [0.29, 0.717) is 17.7 Å². The number of rotatable bonds is 4. The number of aromatic amines is 1. The second-order valence-electron chi connectivity index (χ2n) is 6.06. The fraction of sp³-hybridized carbons (Fsp3) is 0.389. The lowest BCUT2D eigenvalue weighted by molar-refractivity contribution is -0.0297. The predicted octanol–water partition coefficient (Wildman–Crippen LogP) is 2.49. The van der Waals surface area contributed by atoms with Crippen LogP contribution >= 0.6 is 0 Å². The Hall–Kier alpha value is -2.65. The van der Waals surface area contributed by atoms with E-state index in [1.54, 1.807) is 24.4 Å². The summed E-state index contributed by atoms with van der Waals surface area (Å²) in [5.74, 6) is 0.0905. The van der Waals surface area contributed by atoms with Gasteiger partial charge < -0.3 is 10.1 Å². The molecule has 1 aliphatic heterocycles. The molecule has 1 aliphatic rings. The molecule has 0 unspecified atom stereocenters. The summed E-state index contributed by atoms with van der Waals surface area (Å²) >= 11 is 0. The molecule has 0 bridgehead atoms. The van der Waals surface area contributed by atoms with Crippen molar-refractivity contribution in [3.05, 3.63) is 52.8 Å². The molecule has 0 spiro atoms. The highest BCUT2D eigenvalue weighted by molar-refractivity contribution is 5.95. The van der Waals surface area contributed by atoms with Crippen LogP contribution in [0.15, 0.2) is 30.5 Å². The minimum Gasteiger partial charge on any atom is -0.372 e. The summed E-state index contributed by atoms with van der Waals surface area (Å²) in [7, 11) is 0. The third-order valence-corrected chi connectivity index (χ3v) is 4.40. The van der Waals surface area contributed by atoms with E-state index in [1.807, 2.05) is 13.0 Å². The molecule has 1 amide bonds. The molecule has 1 saturated heterocycles. The van der Waals surface area contributed by atoms with Crippen molar-refractivity contribution in [1.82, 2.24) is 15.5 Å². The summed E-state index contributed by atoms with van der Waals surface area (Å²) in [6.07, 6.45) is 3.63. The van der Waals surface area contributed by atoms with E-state index >= 15 is 0 Å². The summed E-state index contributed by atoms with van der Waals surface area (Å²) in [4.78, 5) is 12.4. The predicted molar refractivity (Wildman–Crippen MR) is 88.2 cm³/mol. The standard InChI is InChI=1S/C18H20N4O2/c1-12-9-13(10-19)4-5-15(12)18(23)20-11-14-3-2-8-24-17(14)16-6-7-21-22-16/h4-7,9,14,17H,2-3,8,11H2,1H3,(H,20,23)(H,21,22)/t14-,17+/m0/s1. The Morgan fingerprint density at radius 2 is 2.38 bits per heavy atom. The number of ether oxygens (including phenoxy) is 1. The van der Waals surface area contributed by atoms with Gasteiger partial charge in [-0.15, -0.1) is 0 Å². The zero-order valence-corrected chi connectivity index (χ0v) is 13.6.